The summed E-state index contributed by atoms with van der Waals surface area (Å²) < 4.78 is 4.62. The van der Waals surface area contributed by atoms with Gasteiger partial charge in [-0.05, 0) is 6.92 Å². The third-order valence-corrected chi connectivity index (χ3v) is 0.969. The molecule has 0 aromatic heterocycles. The monoisotopic (exact) mass is 113 g/mol. The van der Waals surface area contributed by atoms with Gasteiger partial charge in [-0.1, -0.05) is 0 Å². The number of esters is 1. The molecule has 0 spiro atoms. The summed E-state index contributed by atoms with van der Waals surface area (Å²) in [6, 6.07) is 0. The Hall–Kier alpha value is -0.860. The fourth-order valence-electron chi connectivity index (χ4n) is 0.521. The highest BCUT2D eigenvalue weighted by Crippen LogP contribution is 1.91. The standard InChI is InChI=1S/C5H7NO2/c1-4-5(7)8-3-2-6-4/h2-3H2,1H3. The van der Waals surface area contributed by atoms with Crippen LogP contribution in [0.25, 0.3) is 0 Å². The molecule has 0 aromatic carbocycles. The summed E-state index contributed by atoms with van der Waals surface area (Å²) in [5.41, 5.74) is 0.483. The summed E-state index contributed by atoms with van der Waals surface area (Å²) in [4.78, 5) is 14.3. The lowest BCUT2D eigenvalue weighted by atomic mass is 10.4. The van der Waals surface area contributed by atoms with E-state index in [1.165, 1.54) is 0 Å². The molecule has 0 radical (unpaired) electrons. The Kier molecular flexibility index (Phi) is 1.28. The molecule has 0 unspecified atom stereocenters. The van der Waals surface area contributed by atoms with Gasteiger partial charge in [0.05, 0.1) is 6.54 Å². The molecular weight excluding hydrogens is 106 g/mol. The van der Waals surface area contributed by atoms with Crippen LogP contribution in [0, 0.1) is 0 Å². The van der Waals surface area contributed by atoms with Crippen molar-refractivity contribution in [1.82, 2.24) is 0 Å². The number of carbonyl (C=O) groups is 1. The van der Waals surface area contributed by atoms with Crippen LogP contribution in [0.15, 0.2) is 4.99 Å². The van der Waals surface area contributed by atoms with Gasteiger partial charge in [0.25, 0.3) is 0 Å². The highest BCUT2D eigenvalue weighted by atomic mass is 16.5. The van der Waals surface area contributed by atoms with Crippen LogP contribution in [-0.4, -0.2) is 24.8 Å². The minimum atomic E-state index is -0.281. The molecule has 3 nitrogen and oxygen atoms in total. The normalized spacial score (nSPS) is 19.6. The van der Waals surface area contributed by atoms with Crippen molar-refractivity contribution < 1.29 is 9.53 Å². The Bertz CT molecular complexity index is 139. The first-order chi connectivity index (χ1) is 3.80. The average Bonchev–Trinajstić information content (AvgIpc) is 1.77. The smallest absolute Gasteiger partial charge is 0.351 e. The molecule has 44 valence electrons. The van der Waals surface area contributed by atoms with Crippen LogP contribution in [0.2, 0.25) is 0 Å². The molecule has 0 saturated heterocycles. The van der Waals surface area contributed by atoms with E-state index in [1.807, 2.05) is 0 Å². The second kappa shape index (κ2) is 1.94. The number of rotatable bonds is 0. The summed E-state index contributed by atoms with van der Waals surface area (Å²) in [5.74, 6) is -0.281. The topological polar surface area (TPSA) is 38.7 Å². The predicted molar refractivity (Wildman–Crippen MR) is 28.9 cm³/mol. The Morgan fingerprint density at radius 1 is 1.75 bits per heavy atom. The molecule has 1 heterocycles. The molecule has 0 bridgehead atoms. The molecule has 3 heteroatoms. The number of cyclic esters (lactones) is 1. The zero-order valence-electron chi connectivity index (χ0n) is 4.68. The molecule has 0 saturated carbocycles. The fraction of sp³-hybridized carbons (Fsp3) is 0.600. The summed E-state index contributed by atoms with van der Waals surface area (Å²) >= 11 is 0. The van der Waals surface area contributed by atoms with Gasteiger partial charge in [0.1, 0.15) is 12.3 Å². The maximum Gasteiger partial charge on any atom is 0.351 e. The van der Waals surface area contributed by atoms with Gasteiger partial charge in [0.2, 0.25) is 0 Å². The molecule has 8 heavy (non-hydrogen) atoms. The number of carbonyl (C=O) groups excluding carboxylic acids is 1. The van der Waals surface area contributed by atoms with Crippen molar-refractivity contribution in [2.45, 2.75) is 6.92 Å². The van der Waals surface area contributed by atoms with Crippen molar-refractivity contribution >= 4 is 11.7 Å². The summed E-state index contributed by atoms with van der Waals surface area (Å²) in [7, 11) is 0. The molecule has 0 fully saturated rings. The number of hydrogen-bond donors (Lipinski definition) is 0. The quantitative estimate of drug-likeness (QED) is 0.415. The van der Waals surface area contributed by atoms with E-state index in [1.54, 1.807) is 6.92 Å². The van der Waals surface area contributed by atoms with Gasteiger partial charge in [-0.3, -0.25) is 4.99 Å². The number of ether oxygens (including phenoxy) is 1. The molecule has 0 amide bonds. The maximum atomic E-state index is 10.4. The number of hydrogen-bond acceptors (Lipinski definition) is 3. The van der Waals surface area contributed by atoms with Gasteiger partial charge < -0.3 is 4.74 Å². The van der Waals surface area contributed by atoms with Crippen molar-refractivity contribution in [2.24, 2.45) is 4.99 Å². The van der Waals surface area contributed by atoms with Gasteiger partial charge in [0.15, 0.2) is 0 Å². The van der Waals surface area contributed by atoms with Crippen LogP contribution in [-0.2, 0) is 9.53 Å². The van der Waals surface area contributed by atoms with Crippen molar-refractivity contribution in [3.63, 3.8) is 0 Å². The highest BCUT2D eigenvalue weighted by molar-refractivity contribution is 6.35. The third kappa shape index (κ3) is 0.857. The Morgan fingerprint density at radius 2 is 2.50 bits per heavy atom. The van der Waals surface area contributed by atoms with Crippen LogP contribution in [0.1, 0.15) is 6.92 Å². The van der Waals surface area contributed by atoms with Crippen LogP contribution in [0.5, 0.6) is 0 Å². The first kappa shape index (κ1) is 5.28. The van der Waals surface area contributed by atoms with Gasteiger partial charge in [-0.15, -0.1) is 0 Å². The van der Waals surface area contributed by atoms with E-state index < -0.39 is 0 Å². The summed E-state index contributed by atoms with van der Waals surface area (Å²) in [5, 5.41) is 0. The van der Waals surface area contributed by atoms with Crippen molar-refractivity contribution in [1.29, 1.82) is 0 Å². The minimum absolute atomic E-state index is 0.281. The molecule has 0 aromatic rings. The van der Waals surface area contributed by atoms with Crippen LogP contribution in [0.4, 0.5) is 0 Å². The Morgan fingerprint density at radius 3 is 2.88 bits per heavy atom. The molecule has 0 aliphatic carbocycles. The lowest BCUT2D eigenvalue weighted by Crippen LogP contribution is -2.21. The fourth-order valence-corrected chi connectivity index (χ4v) is 0.521. The SMILES string of the molecule is CC1=NCCOC1=O. The van der Waals surface area contributed by atoms with E-state index in [4.69, 9.17) is 0 Å². The second-order valence-electron chi connectivity index (χ2n) is 1.60. The highest BCUT2D eigenvalue weighted by Gasteiger charge is 2.09. The first-order valence-electron chi connectivity index (χ1n) is 2.49. The zero-order valence-corrected chi connectivity index (χ0v) is 4.68. The number of nitrogens with zero attached hydrogens (tertiary/aromatic N) is 1. The molecule has 1 aliphatic heterocycles. The lowest BCUT2D eigenvalue weighted by Gasteiger charge is -2.06. The minimum Gasteiger partial charge on any atom is -0.459 e. The zero-order chi connectivity index (χ0) is 5.98. The predicted octanol–water partition coefficient (Wildman–Crippen LogP) is 0.00410. The summed E-state index contributed by atoms with van der Waals surface area (Å²) in [6.45, 7) is 2.72. The van der Waals surface area contributed by atoms with E-state index in [-0.39, 0.29) is 5.97 Å². The van der Waals surface area contributed by atoms with Gasteiger partial charge in [0, 0.05) is 0 Å². The molecule has 0 N–H and O–H groups in total. The Labute approximate surface area is 47.4 Å². The van der Waals surface area contributed by atoms with Gasteiger partial charge in [-0.2, -0.15) is 0 Å². The largest absolute Gasteiger partial charge is 0.459 e. The van der Waals surface area contributed by atoms with E-state index in [0.717, 1.165) is 0 Å². The van der Waals surface area contributed by atoms with E-state index in [9.17, 15) is 4.79 Å². The average molecular weight is 113 g/mol. The second-order valence-corrected chi connectivity index (χ2v) is 1.60. The van der Waals surface area contributed by atoms with E-state index in [2.05, 4.69) is 9.73 Å². The van der Waals surface area contributed by atoms with Crippen molar-refractivity contribution in [3.8, 4) is 0 Å². The van der Waals surface area contributed by atoms with E-state index >= 15 is 0 Å². The third-order valence-electron chi connectivity index (χ3n) is 0.969. The van der Waals surface area contributed by atoms with Crippen molar-refractivity contribution in [2.75, 3.05) is 13.2 Å². The summed E-state index contributed by atoms with van der Waals surface area (Å²) in [6.07, 6.45) is 0. The van der Waals surface area contributed by atoms with Crippen LogP contribution >= 0.6 is 0 Å². The molecule has 1 rings (SSSR count). The van der Waals surface area contributed by atoms with Crippen LogP contribution < -0.4 is 0 Å². The molecule has 0 atom stereocenters. The lowest BCUT2D eigenvalue weighted by molar-refractivity contribution is -0.136. The molecular formula is C5H7NO2. The van der Waals surface area contributed by atoms with E-state index in [0.29, 0.717) is 18.9 Å². The van der Waals surface area contributed by atoms with Gasteiger partial charge in [-0.25, -0.2) is 4.79 Å². The van der Waals surface area contributed by atoms with Crippen LogP contribution in [0.3, 0.4) is 0 Å². The maximum absolute atomic E-state index is 10.4. The van der Waals surface area contributed by atoms with Crippen molar-refractivity contribution in [3.05, 3.63) is 0 Å². The molecule has 1 aliphatic rings. The number of aliphatic imine (C=N–C) groups is 1. The van der Waals surface area contributed by atoms with Gasteiger partial charge >= 0.3 is 5.97 Å². The Balaban J connectivity index is 2.67. The first-order valence-corrected chi connectivity index (χ1v) is 2.49.